The van der Waals surface area contributed by atoms with E-state index >= 15 is 0 Å². The van der Waals surface area contributed by atoms with Crippen LogP contribution in [0.2, 0.25) is 0 Å². The smallest absolute Gasteiger partial charge is 0.307 e. The molecule has 22 heavy (non-hydrogen) atoms. The lowest BCUT2D eigenvalue weighted by atomic mass is 10.1. The van der Waals surface area contributed by atoms with Crippen molar-refractivity contribution in [3.63, 3.8) is 0 Å². The van der Waals surface area contributed by atoms with Crippen molar-refractivity contribution in [3.8, 4) is 0 Å². The molecule has 0 radical (unpaired) electrons. The summed E-state index contributed by atoms with van der Waals surface area (Å²) in [4.78, 5) is 14.0. The lowest BCUT2D eigenvalue weighted by molar-refractivity contribution is 0.250. The van der Waals surface area contributed by atoms with Crippen LogP contribution in [-0.2, 0) is 0 Å². The molecule has 0 saturated carbocycles. The zero-order valence-corrected chi connectivity index (χ0v) is 13.3. The average molecular weight is 294 g/mol. The molecule has 1 aliphatic heterocycles. The molecule has 0 aliphatic carbocycles. The van der Waals surface area contributed by atoms with Crippen molar-refractivity contribution in [2.24, 2.45) is 0 Å². The van der Waals surface area contributed by atoms with Crippen molar-refractivity contribution in [1.82, 2.24) is 5.32 Å². The molecule has 2 amide bonds. The molecule has 1 aliphatic rings. The number of hydrogen-bond donors (Lipinski definition) is 1. The highest BCUT2D eigenvalue weighted by Gasteiger charge is 2.20. The van der Waals surface area contributed by atoms with Gasteiger partial charge in [-0.2, -0.15) is 0 Å². The van der Waals surface area contributed by atoms with E-state index in [4.69, 9.17) is 0 Å². The van der Waals surface area contributed by atoms with E-state index < -0.39 is 0 Å². The van der Waals surface area contributed by atoms with Gasteiger partial charge in [0.1, 0.15) is 0 Å². The number of nitrogens with zero attached hydrogens (tertiary/aromatic N) is 1. The summed E-state index contributed by atoms with van der Waals surface area (Å²) in [6, 6.07) is 17.7. The lowest BCUT2D eigenvalue weighted by Crippen LogP contribution is -2.43. The van der Waals surface area contributed by atoms with Gasteiger partial charge in [-0.25, -0.2) is 4.79 Å². The van der Waals surface area contributed by atoms with E-state index in [0.717, 1.165) is 16.9 Å². The van der Waals surface area contributed by atoms with Crippen LogP contribution in [0, 0.1) is 6.92 Å². The minimum Gasteiger partial charge on any atom is -0.307 e. The largest absolute Gasteiger partial charge is 0.326 e. The molecule has 3 rings (SSSR count). The number of anilines is 1. The molecule has 1 N–H and O–H groups in total. The Labute approximate surface area is 132 Å². The first kappa shape index (κ1) is 15.8. The minimum atomic E-state index is -0.0878. The third-order valence-corrected chi connectivity index (χ3v) is 3.36. The van der Waals surface area contributed by atoms with Gasteiger partial charge >= 0.3 is 6.03 Å². The van der Waals surface area contributed by atoms with E-state index in [2.05, 4.69) is 11.4 Å². The Morgan fingerprint density at radius 2 is 1.73 bits per heavy atom. The summed E-state index contributed by atoms with van der Waals surface area (Å²) in [5, 5.41) is 2.96. The molecular weight excluding hydrogens is 272 g/mol. The number of hydrogen-bond acceptors (Lipinski definition) is 1. The Morgan fingerprint density at radius 3 is 2.36 bits per heavy atom. The van der Waals surface area contributed by atoms with Gasteiger partial charge in [0.15, 0.2) is 0 Å². The summed E-state index contributed by atoms with van der Waals surface area (Å²) in [6.07, 6.45) is 2.04. The predicted octanol–water partition coefficient (Wildman–Crippen LogP) is 4.59. The van der Waals surface area contributed by atoms with Crippen LogP contribution in [0.25, 0.3) is 5.70 Å². The minimum absolute atomic E-state index is 0.0878. The van der Waals surface area contributed by atoms with Crippen LogP contribution in [0.3, 0.4) is 0 Å². The van der Waals surface area contributed by atoms with E-state index in [-0.39, 0.29) is 6.03 Å². The number of para-hydroxylation sites is 1. The first-order valence-corrected chi connectivity index (χ1v) is 7.65. The summed E-state index contributed by atoms with van der Waals surface area (Å²) in [6.45, 7) is 6.63. The molecule has 0 aromatic heterocycles. The molecule has 3 nitrogen and oxygen atoms in total. The molecule has 0 unspecified atom stereocenters. The van der Waals surface area contributed by atoms with Gasteiger partial charge in [-0.3, -0.25) is 4.90 Å². The van der Waals surface area contributed by atoms with Crippen LogP contribution in [0.5, 0.6) is 0 Å². The van der Waals surface area contributed by atoms with E-state index in [0.29, 0.717) is 6.54 Å². The third-order valence-electron chi connectivity index (χ3n) is 3.36. The van der Waals surface area contributed by atoms with E-state index in [1.54, 1.807) is 4.90 Å². The second-order valence-electron chi connectivity index (χ2n) is 4.86. The Balaban J connectivity index is 0.000000847. The number of nitrogens with one attached hydrogen (secondary N) is 1. The van der Waals surface area contributed by atoms with Crippen molar-refractivity contribution in [2.75, 3.05) is 11.4 Å². The summed E-state index contributed by atoms with van der Waals surface area (Å²) < 4.78 is 0. The summed E-state index contributed by atoms with van der Waals surface area (Å²) in [7, 11) is 0. The average Bonchev–Trinajstić information content (AvgIpc) is 2.57. The summed E-state index contributed by atoms with van der Waals surface area (Å²) in [5.74, 6) is 0. The van der Waals surface area contributed by atoms with Crippen molar-refractivity contribution in [1.29, 1.82) is 0 Å². The Bertz CT molecular complexity index is 662. The fourth-order valence-corrected chi connectivity index (χ4v) is 2.33. The Morgan fingerprint density at radius 1 is 1.00 bits per heavy atom. The molecule has 3 heteroatoms. The van der Waals surface area contributed by atoms with Crippen molar-refractivity contribution in [2.45, 2.75) is 20.8 Å². The summed E-state index contributed by atoms with van der Waals surface area (Å²) in [5.41, 5.74) is 4.02. The van der Waals surface area contributed by atoms with Gasteiger partial charge < -0.3 is 5.32 Å². The van der Waals surface area contributed by atoms with E-state index in [1.807, 2.05) is 75.4 Å². The number of amides is 2. The second-order valence-corrected chi connectivity index (χ2v) is 4.86. The molecular formula is C19H22N2O. The Kier molecular flexibility index (Phi) is 5.37. The SMILES string of the molecule is CC.Cc1cccc(C2=CCN(c3ccccc3)C(=O)N2)c1. The number of rotatable bonds is 2. The van der Waals surface area contributed by atoms with E-state index in [1.165, 1.54) is 5.56 Å². The molecule has 0 atom stereocenters. The molecule has 0 fully saturated rings. The summed E-state index contributed by atoms with van der Waals surface area (Å²) >= 11 is 0. The highest BCUT2D eigenvalue weighted by molar-refractivity contribution is 5.99. The highest BCUT2D eigenvalue weighted by atomic mass is 16.2. The van der Waals surface area contributed by atoms with Crippen LogP contribution >= 0.6 is 0 Å². The van der Waals surface area contributed by atoms with Crippen molar-refractivity contribution >= 4 is 17.4 Å². The van der Waals surface area contributed by atoms with Crippen LogP contribution in [0.15, 0.2) is 60.7 Å². The zero-order chi connectivity index (χ0) is 15.9. The maximum absolute atomic E-state index is 12.2. The highest BCUT2D eigenvalue weighted by Crippen LogP contribution is 2.21. The second kappa shape index (κ2) is 7.46. The maximum atomic E-state index is 12.2. The number of aryl methyl sites for hydroxylation is 1. The molecule has 1 heterocycles. The quantitative estimate of drug-likeness (QED) is 0.863. The van der Waals surface area contributed by atoms with Gasteiger partial charge in [-0.05, 0) is 36.8 Å². The molecule has 0 bridgehead atoms. The van der Waals surface area contributed by atoms with E-state index in [9.17, 15) is 4.79 Å². The zero-order valence-electron chi connectivity index (χ0n) is 13.3. The number of carbonyl (C=O) groups is 1. The molecule has 0 saturated heterocycles. The van der Waals surface area contributed by atoms with Crippen LogP contribution in [0.1, 0.15) is 25.0 Å². The van der Waals surface area contributed by atoms with Gasteiger partial charge in [0.2, 0.25) is 0 Å². The van der Waals surface area contributed by atoms with Crippen LogP contribution in [0.4, 0.5) is 10.5 Å². The predicted molar refractivity (Wildman–Crippen MR) is 92.8 cm³/mol. The number of carbonyl (C=O) groups excluding carboxylic acids is 1. The Hall–Kier alpha value is -2.55. The molecule has 2 aromatic carbocycles. The van der Waals surface area contributed by atoms with Gasteiger partial charge in [0.25, 0.3) is 0 Å². The van der Waals surface area contributed by atoms with Crippen molar-refractivity contribution in [3.05, 3.63) is 71.8 Å². The van der Waals surface area contributed by atoms with Crippen LogP contribution in [-0.4, -0.2) is 12.6 Å². The van der Waals surface area contributed by atoms with Gasteiger partial charge in [-0.1, -0.05) is 55.8 Å². The monoisotopic (exact) mass is 294 g/mol. The van der Waals surface area contributed by atoms with Gasteiger partial charge in [0, 0.05) is 17.9 Å². The first-order valence-electron chi connectivity index (χ1n) is 7.65. The van der Waals surface area contributed by atoms with Gasteiger partial charge in [-0.15, -0.1) is 0 Å². The topological polar surface area (TPSA) is 32.3 Å². The number of benzene rings is 2. The fraction of sp³-hybridized carbons (Fsp3) is 0.211. The van der Waals surface area contributed by atoms with Crippen LogP contribution < -0.4 is 10.2 Å². The first-order chi connectivity index (χ1) is 10.7. The number of urea groups is 1. The fourth-order valence-electron chi connectivity index (χ4n) is 2.33. The maximum Gasteiger partial charge on any atom is 0.326 e. The lowest BCUT2D eigenvalue weighted by Gasteiger charge is -2.27. The molecule has 114 valence electrons. The normalized spacial score (nSPS) is 13.7. The molecule has 0 spiro atoms. The van der Waals surface area contributed by atoms with Crippen molar-refractivity contribution < 1.29 is 4.79 Å². The van der Waals surface area contributed by atoms with Gasteiger partial charge in [0.05, 0.1) is 0 Å². The third kappa shape index (κ3) is 3.55. The molecule has 2 aromatic rings. The standard InChI is InChI=1S/C17H16N2O.C2H6/c1-13-6-5-7-14(12-13)16-10-11-19(17(20)18-16)15-8-3-2-4-9-15;1-2/h2-10,12H,11H2,1H3,(H,18,20);1-2H3.